The lowest BCUT2D eigenvalue weighted by Gasteiger charge is -2.32. The van der Waals surface area contributed by atoms with Crippen LogP contribution < -0.4 is 10.2 Å². The number of nitrogens with one attached hydrogen (secondary N) is 1. The summed E-state index contributed by atoms with van der Waals surface area (Å²) in [6.45, 7) is 15.0. The van der Waals surface area contributed by atoms with Crippen molar-refractivity contribution in [3.63, 3.8) is 0 Å². The van der Waals surface area contributed by atoms with E-state index < -0.39 is 0 Å². The summed E-state index contributed by atoms with van der Waals surface area (Å²) in [5, 5.41) is 3.42. The third kappa shape index (κ3) is 7.23. The molecular formula is C34H44FN5O2. The van der Waals surface area contributed by atoms with Crippen molar-refractivity contribution in [2.24, 2.45) is 0 Å². The second-order valence-electron chi connectivity index (χ2n) is 11.8. The monoisotopic (exact) mass is 573 g/mol. The van der Waals surface area contributed by atoms with Gasteiger partial charge in [-0.25, -0.2) is 4.39 Å². The Hall–Kier alpha value is -3.62. The number of anilines is 1. The number of halogens is 1. The molecule has 7 nitrogen and oxygen atoms in total. The highest BCUT2D eigenvalue weighted by molar-refractivity contribution is 5.98. The molecule has 1 aromatic heterocycles. The van der Waals surface area contributed by atoms with E-state index in [0.717, 1.165) is 59.8 Å². The molecule has 224 valence electrons. The summed E-state index contributed by atoms with van der Waals surface area (Å²) in [4.78, 5) is 35.0. The second kappa shape index (κ2) is 13.6. The largest absolute Gasteiger partial charge is 0.337 e. The van der Waals surface area contributed by atoms with Crippen LogP contribution in [0, 0.1) is 5.82 Å². The first-order valence-corrected chi connectivity index (χ1v) is 14.9. The van der Waals surface area contributed by atoms with Crippen LogP contribution in [-0.4, -0.2) is 72.4 Å². The fourth-order valence-electron chi connectivity index (χ4n) is 5.76. The summed E-state index contributed by atoms with van der Waals surface area (Å²) in [5.41, 5.74) is 5.85. The molecule has 1 N–H and O–H groups in total. The quantitative estimate of drug-likeness (QED) is 0.475. The molecule has 1 atom stereocenters. The molecule has 3 aliphatic rings. The lowest BCUT2D eigenvalue weighted by Crippen LogP contribution is -2.52. The van der Waals surface area contributed by atoms with Crippen LogP contribution in [0.15, 0.2) is 60.8 Å². The fraction of sp³-hybridized carbons (Fsp3) is 0.441. The van der Waals surface area contributed by atoms with Crippen molar-refractivity contribution in [1.29, 1.82) is 0 Å². The molecule has 1 fully saturated rings. The average molecular weight is 574 g/mol. The molecule has 6 rings (SSSR count). The second-order valence-corrected chi connectivity index (χ2v) is 11.8. The molecule has 1 unspecified atom stereocenters. The summed E-state index contributed by atoms with van der Waals surface area (Å²) in [5.74, 6) is 0.0434. The molecule has 0 saturated carbocycles. The first kappa shape index (κ1) is 31.3. The number of hydrogen-bond donors (Lipinski definition) is 1. The van der Waals surface area contributed by atoms with Crippen molar-refractivity contribution in [2.45, 2.75) is 59.0 Å². The Balaban J connectivity index is 0.000000259. The van der Waals surface area contributed by atoms with Crippen molar-refractivity contribution in [3.8, 4) is 0 Å². The predicted octanol–water partition coefficient (Wildman–Crippen LogP) is 5.03. The Morgan fingerprint density at radius 2 is 1.83 bits per heavy atom. The molecule has 8 heteroatoms. The van der Waals surface area contributed by atoms with Gasteiger partial charge < -0.3 is 15.1 Å². The van der Waals surface area contributed by atoms with E-state index in [1.165, 1.54) is 12.1 Å². The maximum Gasteiger partial charge on any atom is 0.254 e. The number of hydrogen-bond acceptors (Lipinski definition) is 5. The summed E-state index contributed by atoms with van der Waals surface area (Å²) in [7, 11) is 1.82. The van der Waals surface area contributed by atoms with Crippen LogP contribution >= 0.6 is 0 Å². The molecular weight excluding hydrogens is 529 g/mol. The minimum absolute atomic E-state index is 0.122. The van der Waals surface area contributed by atoms with E-state index in [1.807, 2.05) is 62.3 Å². The molecule has 3 aliphatic heterocycles. The molecule has 4 heterocycles. The zero-order valence-corrected chi connectivity index (χ0v) is 25.8. The van der Waals surface area contributed by atoms with E-state index in [1.54, 1.807) is 17.0 Å². The Kier molecular flexibility index (Phi) is 10.1. The van der Waals surface area contributed by atoms with Crippen molar-refractivity contribution >= 4 is 17.5 Å². The van der Waals surface area contributed by atoms with E-state index in [0.29, 0.717) is 25.6 Å². The maximum absolute atomic E-state index is 13.2. The zero-order valence-electron chi connectivity index (χ0n) is 25.8. The topological polar surface area (TPSA) is 68.8 Å². The number of carbonyl (C=O) groups is 2. The number of fused-ring (bicyclic) bond motifs is 2. The number of rotatable bonds is 4. The Bertz CT molecular complexity index is 1390. The average Bonchev–Trinajstić information content (AvgIpc) is 3.42. The SMILES string of the molecule is CC.CC1CN(CC(=O)N2CC(C)(C)c3cnc(Cc4ccc(F)cc4)cc32)CCN1.CN1Cc2ccccc2C1=O. The van der Waals surface area contributed by atoms with Crippen molar-refractivity contribution in [2.75, 3.05) is 44.7 Å². The third-order valence-electron chi connectivity index (χ3n) is 7.93. The predicted molar refractivity (Wildman–Crippen MR) is 166 cm³/mol. The first-order valence-electron chi connectivity index (χ1n) is 14.9. The number of amides is 2. The number of pyridine rings is 1. The van der Waals surface area contributed by atoms with Gasteiger partial charge in [-0.1, -0.05) is 58.0 Å². The van der Waals surface area contributed by atoms with E-state index >= 15 is 0 Å². The van der Waals surface area contributed by atoms with E-state index in [9.17, 15) is 14.0 Å². The van der Waals surface area contributed by atoms with Gasteiger partial charge in [0.1, 0.15) is 5.82 Å². The zero-order chi connectivity index (χ0) is 30.4. The maximum atomic E-state index is 13.2. The van der Waals surface area contributed by atoms with Gasteiger partial charge in [0.15, 0.2) is 0 Å². The summed E-state index contributed by atoms with van der Waals surface area (Å²) in [6, 6.07) is 16.7. The number of nitrogens with zero attached hydrogens (tertiary/aromatic N) is 4. The van der Waals surface area contributed by atoms with Crippen LogP contribution in [0.2, 0.25) is 0 Å². The van der Waals surface area contributed by atoms with Crippen LogP contribution in [0.4, 0.5) is 10.1 Å². The normalized spacial score (nSPS) is 18.8. The fourth-order valence-corrected chi connectivity index (χ4v) is 5.76. The Labute approximate surface area is 249 Å². The van der Waals surface area contributed by atoms with Crippen molar-refractivity contribution in [1.82, 2.24) is 20.1 Å². The van der Waals surface area contributed by atoms with Gasteiger partial charge in [0.25, 0.3) is 5.91 Å². The summed E-state index contributed by atoms with van der Waals surface area (Å²) >= 11 is 0. The lowest BCUT2D eigenvalue weighted by molar-refractivity contribution is -0.120. The van der Waals surface area contributed by atoms with Gasteiger partial charge >= 0.3 is 0 Å². The van der Waals surface area contributed by atoms with Gasteiger partial charge in [-0.05, 0) is 42.3 Å². The van der Waals surface area contributed by atoms with Gasteiger partial charge in [0.2, 0.25) is 5.91 Å². The van der Waals surface area contributed by atoms with Crippen LogP contribution in [-0.2, 0) is 23.2 Å². The van der Waals surface area contributed by atoms with Crippen molar-refractivity contribution < 1.29 is 14.0 Å². The van der Waals surface area contributed by atoms with Gasteiger partial charge in [-0.15, -0.1) is 0 Å². The molecule has 0 radical (unpaired) electrons. The van der Waals surface area contributed by atoms with Gasteiger partial charge in [0, 0.05) is 80.7 Å². The van der Waals surface area contributed by atoms with Crippen LogP contribution in [0.25, 0.3) is 0 Å². The molecule has 0 bridgehead atoms. The van der Waals surface area contributed by atoms with Crippen LogP contribution in [0.5, 0.6) is 0 Å². The van der Waals surface area contributed by atoms with Gasteiger partial charge in [0.05, 0.1) is 12.2 Å². The number of piperazine rings is 1. The molecule has 0 aliphatic carbocycles. The van der Waals surface area contributed by atoms with Gasteiger partial charge in [-0.2, -0.15) is 0 Å². The van der Waals surface area contributed by atoms with Gasteiger partial charge in [-0.3, -0.25) is 19.5 Å². The summed E-state index contributed by atoms with van der Waals surface area (Å²) < 4.78 is 13.2. The lowest BCUT2D eigenvalue weighted by atomic mass is 9.88. The smallest absolute Gasteiger partial charge is 0.254 e. The number of carbonyl (C=O) groups excluding carboxylic acids is 2. The number of aromatic nitrogens is 1. The van der Waals surface area contributed by atoms with E-state index in [4.69, 9.17) is 0 Å². The molecule has 2 aromatic carbocycles. The third-order valence-corrected chi connectivity index (χ3v) is 7.93. The van der Waals surface area contributed by atoms with Crippen LogP contribution in [0.3, 0.4) is 0 Å². The highest BCUT2D eigenvalue weighted by Crippen LogP contribution is 2.40. The van der Waals surface area contributed by atoms with Crippen molar-refractivity contribution in [3.05, 3.63) is 94.6 Å². The summed E-state index contributed by atoms with van der Waals surface area (Å²) in [6.07, 6.45) is 2.53. The molecule has 2 amide bonds. The Morgan fingerprint density at radius 3 is 2.52 bits per heavy atom. The minimum atomic E-state index is -0.239. The van der Waals surface area contributed by atoms with E-state index in [2.05, 4.69) is 36.0 Å². The standard InChI is InChI=1S/C23H29FN4O.C9H9NO.C2H6/c1-16-13-27(9-8-25-16)14-22(29)28-15-23(2,3)20-12-26-19(11-21(20)28)10-17-4-6-18(24)7-5-17;1-10-6-7-4-2-3-5-8(7)9(10)11;1-2/h4-7,11-12,16,25H,8-10,13-15H2,1-3H3;2-5H,6H2,1H3;1-2H3. The molecule has 1 saturated heterocycles. The van der Waals surface area contributed by atoms with Crippen LogP contribution in [0.1, 0.15) is 67.4 Å². The minimum Gasteiger partial charge on any atom is -0.337 e. The number of benzene rings is 2. The van der Waals surface area contributed by atoms with E-state index in [-0.39, 0.29) is 23.0 Å². The highest BCUT2D eigenvalue weighted by atomic mass is 19.1. The highest BCUT2D eigenvalue weighted by Gasteiger charge is 2.39. The molecule has 0 spiro atoms. The Morgan fingerprint density at radius 1 is 1.12 bits per heavy atom. The molecule has 42 heavy (non-hydrogen) atoms. The molecule has 3 aromatic rings. The first-order chi connectivity index (χ1) is 20.1.